The molecule has 0 heterocycles. The lowest BCUT2D eigenvalue weighted by molar-refractivity contribution is -0.107. The molecule has 0 aromatic heterocycles. The van der Waals surface area contributed by atoms with Gasteiger partial charge in [0.2, 0.25) is 0 Å². The van der Waals surface area contributed by atoms with Crippen LogP contribution >= 0.6 is 15.9 Å². The zero-order chi connectivity index (χ0) is 9.84. The van der Waals surface area contributed by atoms with Gasteiger partial charge in [-0.3, -0.25) is 0 Å². The van der Waals surface area contributed by atoms with Crippen molar-refractivity contribution in [2.45, 2.75) is 11.8 Å². The summed E-state index contributed by atoms with van der Waals surface area (Å²) < 4.78 is 5.14. The standard InChI is InChI=1S/C10H11BrO2/c1-7-3-4-8(9(11)6-12)5-10(7)13-2/h3-6,9H,1-2H3. The van der Waals surface area contributed by atoms with Gasteiger partial charge in [0.25, 0.3) is 0 Å². The van der Waals surface area contributed by atoms with E-state index in [0.717, 1.165) is 23.2 Å². The Morgan fingerprint density at radius 3 is 2.77 bits per heavy atom. The van der Waals surface area contributed by atoms with E-state index < -0.39 is 0 Å². The van der Waals surface area contributed by atoms with Crippen LogP contribution in [0.25, 0.3) is 0 Å². The Balaban J connectivity index is 3.05. The first kappa shape index (κ1) is 10.3. The number of carbonyl (C=O) groups excluding carboxylic acids is 1. The van der Waals surface area contributed by atoms with Gasteiger partial charge in [-0.25, -0.2) is 0 Å². The number of aryl methyl sites for hydroxylation is 1. The van der Waals surface area contributed by atoms with Crippen LogP contribution in [0.3, 0.4) is 0 Å². The summed E-state index contributed by atoms with van der Waals surface area (Å²) in [6.07, 6.45) is 0.851. The number of alkyl halides is 1. The van der Waals surface area contributed by atoms with Crippen LogP contribution in [0, 0.1) is 6.92 Å². The van der Waals surface area contributed by atoms with Gasteiger partial charge >= 0.3 is 0 Å². The number of hydrogen-bond donors (Lipinski definition) is 0. The molecule has 0 aliphatic rings. The average Bonchev–Trinajstić information content (AvgIpc) is 2.17. The topological polar surface area (TPSA) is 26.3 Å². The van der Waals surface area contributed by atoms with E-state index in [1.807, 2.05) is 25.1 Å². The smallest absolute Gasteiger partial charge is 0.138 e. The highest BCUT2D eigenvalue weighted by Crippen LogP contribution is 2.26. The van der Waals surface area contributed by atoms with Gasteiger partial charge in [-0.1, -0.05) is 28.1 Å². The number of halogens is 1. The maximum Gasteiger partial charge on any atom is 0.138 e. The van der Waals surface area contributed by atoms with E-state index in [-0.39, 0.29) is 4.83 Å². The Hall–Kier alpha value is -0.830. The van der Waals surface area contributed by atoms with E-state index in [1.165, 1.54) is 0 Å². The molecule has 13 heavy (non-hydrogen) atoms. The summed E-state index contributed by atoms with van der Waals surface area (Å²) in [5, 5.41) is 0. The van der Waals surface area contributed by atoms with Crippen molar-refractivity contribution < 1.29 is 9.53 Å². The predicted molar refractivity (Wildman–Crippen MR) is 55.5 cm³/mol. The predicted octanol–water partition coefficient (Wildman–Crippen LogP) is 2.64. The third kappa shape index (κ3) is 2.31. The van der Waals surface area contributed by atoms with Crippen LogP contribution < -0.4 is 4.74 Å². The average molecular weight is 243 g/mol. The number of aldehydes is 1. The summed E-state index contributed by atoms with van der Waals surface area (Å²) in [5.41, 5.74) is 1.98. The van der Waals surface area contributed by atoms with E-state index >= 15 is 0 Å². The summed E-state index contributed by atoms with van der Waals surface area (Å²) in [5.74, 6) is 0.809. The zero-order valence-corrected chi connectivity index (χ0v) is 9.17. The van der Waals surface area contributed by atoms with Crippen molar-refractivity contribution in [1.29, 1.82) is 0 Å². The molecular formula is C10H11BrO2. The maximum atomic E-state index is 10.5. The van der Waals surface area contributed by atoms with E-state index in [2.05, 4.69) is 15.9 Å². The summed E-state index contributed by atoms with van der Waals surface area (Å²) in [7, 11) is 1.62. The quantitative estimate of drug-likeness (QED) is 0.602. The van der Waals surface area contributed by atoms with Crippen molar-refractivity contribution in [2.24, 2.45) is 0 Å². The van der Waals surface area contributed by atoms with Crippen LogP contribution in [0.15, 0.2) is 18.2 Å². The highest BCUT2D eigenvalue weighted by molar-refractivity contribution is 9.09. The Kier molecular flexibility index (Phi) is 3.48. The molecule has 3 heteroatoms. The molecule has 1 rings (SSSR count). The number of rotatable bonds is 3. The van der Waals surface area contributed by atoms with Crippen molar-refractivity contribution in [1.82, 2.24) is 0 Å². The highest BCUT2D eigenvalue weighted by atomic mass is 79.9. The first-order valence-corrected chi connectivity index (χ1v) is 4.84. The second kappa shape index (κ2) is 4.42. The summed E-state index contributed by atoms with van der Waals surface area (Å²) in [6.45, 7) is 1.97. The molecule has 0 fully saturated rings. The van der Waals surface area contributed by atoms with E-state index in [9.17, 15) is 4.79 Å². The Morgan fingerprint density at radius 1 is 1.54 bits per heavy atom. The van der Waals surface area contributed by atoms with Crippen molar-refractivity contribution in [3.05, 3.63) is 29.3 Å². The number of benzene rings is 1. The van der Waals surface area contributed by atoms with E-state index in [1.54, 1.807) is 7.11 Å². The molecule has 0 radical (unpaired) electrons. The SMILES string of the molecule is COc1cc(C(Br)C=O)ccc1C. The monoisotopic (exact) mass is 242 g/mol. The molecule has 2 nitrogen and oxygen atoms in total. The minimum Gasteiger partial charge on any atom is -0.496 e. The third-order valence-electron chi connectivity index (χ3n) is 1.87. The third-order valence-corrected chi connectivity index (χ3v) is 2.61. The largest absolute Gasteiger partial charge is 0.496 e. The Bertz CT molecular complexity index is 310. The molecule has 0 spiro atoms. The molecule has 1 aromatic carbocycles. The van der Waals surface area contributed by atoms with Crippen molar-refractivity contribution >= 4 is 22.2 Å². The maximum absolute atomic E-state index is 10.5. The fraction of sp³-hybridized carbons (Fsp3) is 0.300. The van der Waals surface area contributed by atoms with Gasteiger partial charge in [-0.2, -0.15) is 0 Å². The highest BCUT2D eigenvalue weighted by Gasteiger charge is 2.07. The summed E-state index contributed by atoms with van der Waals surface area (Å²) >= 11 is 3.25. The van der Waals surface area contributed by atoms with Crippen molar-refractivity contribution in [3.63, 3.8) is 0 Å². The molecule has 1 aromatic rings. The molecule has 70 valence electrons. The Labute approximate surface area is 86.0 Å². The minimum atomic E-state index is -0.248. The summed E-state index contributed by atoms with van der Waals surface area (Å²) in [4.78, 5) is 10.3. The summed E-state index contributed by atoms with van der Waals surface area (Å²) in [6, 6.07) is 5.71. The van der Waals surface area contributed by atoms with E-state index in [0.29, 0.717) is 0 Å². The van der Waals surface area contributed by atoms with Crippen LogP contribution in [-0.4, -0.2) is 13.4 Å². The number of ether oxygens (including phenoxy) is 1. The van der Waals surface area contributed by atoms with Gasteiger partial charge in [0.05, 0.1) is 11.9 Å². The molecule has 0 bridgehead atoms. The van der Waals surface area contributed by atoms with Gasteiger partial charge in [-0.15, -0.1) is 0 Å². The molecule has 1 atom stereocenters. The molecule has 0 aliphatic heterocycles. The fourth-order valence-electron chi connectivity index (χ4n) is 1.09. The number of carbonyl (C=O) groups is 1. The first-order chi connectivity index (χ1) is 6.19. The molecule has 1 unspecified atom stereocenters. The van der Waals surface area contributed by atoms with Crippen molar-refractivity contribution in [2.75, 3.05) is 7.11 Å². The molecule has 0 saturated heterocycles. The zero-order valence-electron chi connectivity index (χ0n) is 7.58. The first-order valence-electron chi connectivity index (χ1n) is 3.93. The van der Waals surface area contributed by atoms with Gasteiger partial charge in [0.1, 0.15) is 12.0 Å². The van der Waals surface area contributed by atoms with Crippen LogP contribution in [0.5, 0.6) is 5.75 Å². The van der Waals surface area contributed by atoms with Gasteiger partial charge < -0.3 is 9.53 Å². The van der Waals surface area contributed by atoms with E-state index in [4.69, 9.17) is 4.74 Å². The van der Waals surface area contributed by atoms with Crippen LogP contribution in [0.2, 0.25) is 0 Å². The number of hydrogen-bond acceptors (Lipinski definition) is 2. The normalized spacial score (nSPS) is 12.2. The molecule has 0 saturated carbocycles. The van der Waals surface area contributed by atoms with Crippen molar-refractivity contribution in [3.8, 4) is 5.75 Å². The van der Waals surface area contributed by atoms with Gasteiger partial charge in [0.15, 0.2) is 0 Å². The second-order valence-electron chi connectivity index (χ2n) is 2.77. The van der Waals surface area contributed by atoms with Crippen LogP contribution in [0.1, 0.15) is 16.0 Å². The lowest BCUT2D eigenvalue weighted by Crippen LogP contribution is -1.93. The lowest BCUT2D eigenvalue weighted by atomic mass is 10.1. The lowest BCUT2D eigenvalue weighted by Gasteiger charge is -2.08. The minimum absolute atomic E-state index is 0.248. The molecular weight excluding hydrogens is 232 g/mol. The van der Waals surface area contributed by atoms with Crippen LogP contribution in [-0.2, 0) is 4.79 Å². The van der Waals surface area contributed by atoms with Gasteiger partial charge in [-0.05, 0) is 24.1 Å². The molecule has 0 N–H and O–H groups in total. The second-order valence-corrected chi connectivity index (χ2v) is 3.75. The van der Waals surface area contributed by atoms with Crippen LogP contribution in [0.4, 0.5) is 0 Å². The number of methoxy groups -OCH3 is 1. The Morgan fingerprint density at radius 2 is 2.23 bits per heavy atom. The molecule has 0 aliphatic carbocycles. The van der Waals surface area contributed by atoms with Gasteiger partial charge in [0, 0.05) is 0 Å². The molecule has 0 amide bonds. The fourth-order valence-corrected chi connectivity index (χ4v) is 1.37.